The van der Waals surface area contributed by atoms with Crippen molar-refractivity contribution < 1.29 is 4.74 Å². The fourth-order valence-electron chi connectivity index (χ4n) is 2.82. The lowest BCUT2D eigenvalue weighted by molar-refractivity contribution is 0.0373. The molecule has 3 atom stereocenters. The highest BCUT2D eigenvalue weighted by Crippen LogP contribution is 2.22. The van der Waals surface area contributed by atoms with E-state index in [9.17, 15) is 0 Å². The maximum atomic E-state index is 5.56. The molecule has 1 N–H and O–H groups in total. The molecule has 0 bridgehead atoms. The standard InChI is InChI=1S/C13H23NO/c1-15-13-10-6-5-9-12(13)14-11-7-3-2-4-8-11/h2-3,11-14H,4-10H2,1H3. The van der Waals surface area contributed by atoms with Crippen LogP contribution in [0.5, 0.6) is 0 Å². The predicted molar refractivity (Wildman–Crippen MR) is 63.0 cm³/mol. The summed E-state index contributed by atoms with van der Waals surface area (Å²) in [5.74, 6) is 0. The lowest BCUT2D eigenvalue weighted by Gasteiger charge is -2.34. The Kier molecular flexibility index (Phi) is 4.21. The molecular weight excluding hydrogens is 186 g/mol. The number of hydrogen-bond donors (Lipinski definition) is 1. The van der Waals surface area contributed by atoms with E-state index in [1.807, 2.05) is 7.11 Å². The van der Waals surface area contributed by atoms with Gasteiger partial charge in [-0.15, -0.1) is 0 Å². The van der Waals surface area contributed by atoms with E-state index in [-0.39, 0.29) is 0 Å². The summed E-state index contributed by atoms with van der Waals surface area (Å²) in [6, 6.07) is 1.29. The monoisotopic (exact) mass is 209 g/mol. The molecule has 2 aliphatic carbocycles. The molecule has 0 aliphatic heterocycles. The highest BCUT2D eigenvalue weighted by molar-refractivity contribution is 4.95. The highest BCUT2D eigenvalue weighted by atomic mass is 16.5. The zero-order valence-corrected chi connectivity index (χ0v) is 9.74. The zero-order valence-electron chi connectivity index (χ0n) is 9.74. The number of hydrogen-bond acceptors (Lipinski definition) is 2. The number of allylic oxidation sites excluding steroid dienone is 1. The van der Waals surface area contributed by atoms with E-state index in [4.69, 9.17) is 4.74 Å². The largest absolute Gasteiger partial charge is 0.380 e. The van der Waals surface area contributed by atoms with Gasteiger partial charge in [-0.05, 0) is 32.1 Å². The second-order valence-corrected chi connectivity index (χ2v) is 4.81. The van der Waals surface area contributed by atoms with Crippen molar-refractivity contribution in [1.29, 1.82) is 0 Å². The van der Waals surface area contributed by atoms with Crippen molar-refractivity contribution in [2.24, 2.45) is 0 Å². The lowest BCUT2D eigenvalue weighted by Crippen LogP contribution is -2.48. The number of methoxy groups -OCH3 is 1. The van der Waals surface area contributed by atoms with Crippen LogP contribution in [0.15, 0.2) is 12.2 Å². The average molecular weight is 209 g/mol. The molecule has 0 spiro atoms. The lowest BCUT2D eigenvalue weighted by atomic mass is 9.90. The van der Waals surface area contributed by atoms with Crippen LogP contribution in [0, 0.1) is 0 Å². The second kappa shape index (κ2) is 5.66. The van der Waals surface area contributed by atoms with Gasteiger partial charge < -0.3 is 10.1 Å². The van der Waals surface area contributed by atoms with Gasteiger partial charge in [-0.1, -0.05) is 25.0 Å². The number of ether oxygens (including phenoxy) is 1. The van der Waals surface area contributed by atoms with E-state index in [2.05, 4.69) is 17.5 Å². The Morgan fingerprint density at radius 2 is 2.00 bits per heavy atom. The van der Waals surface area contributed by atoms with Crippen LogP contribution >= 0.6 is 0 Å². The first-order valence-corrected chi connectivity index (χ1v) is 6.34. The van der Waals surface area contributed by atoms with E-state index in [1.54, 1.807) is 0 Å². The van der Waals surface area contributed by atoms with E-state index in [0.29, 0.717) is 18.2 Å². The Bertz CT molecular complexity index is 215. The van der Waals surface area contributed by atoms with Crippen molar-refractivity contribution in [2.75, 3.05) is 7.11 Å². The minimum Gasteiger partial charge on any atom is -0.380 e. The third-order valence-corrected chi connectivity index (χ3v) is 3.72. The van der Waals surface area contributed by atoms with Crippen molar-refractivity contribution in [3.05, 3.63) is 12.2 Å². The Labute approximate surface area is 93.1 Å². The van der Waals surface area contributed by atoms with Crippen LogP contribution in [0.3, 0.4) is 0 Å². The maximum Gasteiger partial charge on any atom is 0.0724 e. The van der Waals surface area contributed by atoms with Gasteiger partial charge in [0.1, 0.15) is 0 Å². The molecule has 0 aromatic rings. The summed E-state index contributed by atoms with van der Waals surface area (Å²) < 4.78 is 5.56. The third-order valence-electron chi connectivity index (χ3n) is 3.72. The van der Waals surface area contributed by atoms with Crippen molar-refractivity contribution in [1.82, 2.24) is 5.32 Å². The number of rotatable bonds is 3. The van der Waals surface area contributed by atoms with Gasteiger partial charge in [0.2, 0.25) is 0 Å². The Balaban J connectivity index is 1.83. The van der Waals surface area contributed by atoms with E-state index >= 15 is 0 Å². The van der Waals surface area contributed by atoms with Crippen molar-refractivity contribution in [2.45, 2.75) is 63.1 Å². The van der Waals surface area contributed by atoms with Gasteiger partial charge in [-0.2, -0.15) is 0 Å². The summed E-state index contributed by atoms with van der Waals surface area (Å²) in [6.07, 6.45) is 14.0. The normalized spacial score (nSPS) is 36.7. The van der Waals surface area contributed by atoms with E-state index in [0.717, 1.165) is 0 Å². The van der Waals surface area contributed by atoms with Crippen LogP contribution in [0.1, 0.15) is 44.9 Å². The summed E-state index contributed by atoms with van der Waals surface area (Å²) >= 11 is 0. The number of nitrogens with one attached hydrogen (secondary N) is 1. The van der Waals surface area contributed by atoms with Gasteiger partial charge in [-0.25, -0.2) is 0 Å². The van der Waals surface area contributed by atoms with Gasteiger partial charge in [0.15, 0.2) is 0 Å². The highest BCUT2D eigenvalue weighted by Gasteiger charge is 2.26. The molecule has 2 nitrogen and oxygen atoms in total. The van der Waals surface area contributed by atoms with Crippen LogP contribution in [0.2, 0.25) is 0 Å². The van der Waals surface area contributed by atoms with Gasteiger partial charge in [0, 0.05) is 19.2 Å². The fraction of sp³-hybridized carbons (Fsp3) is 0.846. The Morgan fingerprint density at radius 1 is 1.13 bits per heavy atom. The SMILES string of the molecule is COC1CCCCC1NC1CC=CCC1. The summed E-state index contributed by atoms with van der Waals surface area (Å²) in [6.45, 7) is 0. The molecule has 2 rings (SSSR count). The molecule has 0 radical (unpaired) electrons. The molecule has 1 fully saturated rings. The molecule has 2 aliphatic rings. The molecule has 3 unspecified atom stereocenters. The topological polar surface area (TPSA) is 21.3 Å². The van der Waals surface area contributed by atoms with Crippen LogP contribution in [0.4, 0.5) is 0 Å². The molecule has 1 saturated carbocycles. The van der Waals surface area contributed by atoms with Crippen LogP contribution in [-0.2, 0) is 4.74 Å². The van der Waals surface area contributed by atoms with Crippen LogP contribution in [0.25, 0.3) is 0 Å². The molecule has 0 aromatic heterocycles. The minimum atomic E-state index is 0.449. The molecule has 0 saturated heterocycles. The predicted octanol–water partition coefficient (Wildman–Crippen LogP) is 2.64. The van der Waals surface area contributed by atoms with Crippen LogP contribution in [-0.4, -0.2) is 25.3 Å². The first-order valence-electron chi connectivity index (χ1n) is 6.34. The van der Waals surface area contributed by atoms with Crippen molar-refractivity contribution in [3.8, 4) is 0 Å². The van der Waals surface area contributed by atoms with Gasteiger partial charge in [0.05, 0.1) is 6.10 Å². The summed E-state index contributed by atoms with van der Waals surface area (Å²) in [5.41, 5.74) is 0. The van der Waals surface area contributed by atoms with Crippen molar-refractivity contribution >= 4 is 0 Å². The van der Waals surface area contributed by atoms with Gasteiger partial charge in [-0.3, -0.25) is 0 Å². The van der Waals surface area contributed by atoms with Gasteiger partial charge >= 0.3 is 0 Å². The molecule has 0 heterocycles. The van der Waals surface area contributed by atoms with Crippen molar-refractivity contribution in [3.63, 3.8) is 0 Å². The third kappa shape index (κ3) is 3.05. The van der Waals surface area contributed by atoms with E-state index < -0.39 is 0 Å². The Hall–Kier alpha value is -0.340. The zero-order chi connectivity index (χ0) is 10.5. The van der Waals surface area contributed by atoms with Gasteiger partial charge in [0.25, 0.3) is 0 Å². The maximum absolute atomic E-state index is 5.56. The smallest absolute Gasteiger partial charge is 0.0724 e. The first-order chi connectivity index (χ1) is 7.40. The molecule has 86 valence electrons. The quantitative estimate of drug-likeness (QED) is 0.721. The summed E-state index contributed by atoms with van der Waals surface area (Å²) in [7, 11) is 1.85. The molecule has 2 heteroatoms. The fourth-order valence-corrected chi connectivity index (χ4v) is 2.82. The summed E-state index contributed by atoms with van der Waals surface area (Å²) in [5, 5.41) is 3.78. The molecular formula is C13H23NO. The minimum absolute atomic E-state index is 0.449. The average Bonchev–Trinajstić information content (AvgIpc) is 2.31. The molecule has 0 aromatic carbocycles. The second-order valence-electron chi connectivity index (χ2n) is 4.81. The molecule has 15 heavy (non-hydrogen) atoms. The Morgan fingerprint density at radius 3 is 2.73 bits per heavy atom. The first kappa shape index (κ1) is 11.2. The summed E-state index contributed by atoms with van der Waals surface area (Å²) in [4.78, 5) is 0. The van der Waals surface area contributed by atoms with Crippen LogP contribution < -0.4 is 5.32 Å². The molecule has 0 amide bonds. The van der Waals surface area contributed by atoms with E-state index in [1.165, 1.54) is 44.9 Å².